The first-order chi connectivity index (χ1) is 10.2. The molecular formula is C15H15ClN2O2S. The fourth-order valence-corrected chi connectivity index (χ4v) is 3.48. The van der Waals surface area contributed by atoms with E-state index in [0.717, 1.165) is 20.7 Å². The van der Waals surface area contributed by atoms with Crippen LogP contribution < -0.4 is 15.0 Å². The number of para-hydroxylation sites is 2. The fourth-order valence-electron chi connectivity index (χ4n) is 2.38. The molecule has 0 saturated carbocycles. The summed E-state index contributed by atoms with van der Waals surface area (Å²) in [6.45, 7) is 1.23. The third-order valence-electron chi connectivity index (χ3n) is 3.38. The van der Waals surface area contributed by atoms with Gasteiger partial charge in [-0.05, 0) is 24.3 Å². The summed E-state index contributed by atoms with van der Waals surface area (Å²) in [5.74, 6) is 0.624. The summed E-state index contributed by atoms with van der Waals surface area (Å²) in [6.07, 6.45) is -0.500. The second-order valence-electron chi connectivity index (χ2n) is 4.77. The normalized spacial score (nSPS) is 17.0. The summed E-state index contributed by atoms with van der Waals surface area (Å²) in [5.41, 5.74) is 1.00. The highest BCUT2D eigenvalue weighted by Crippen LogP contribution is 2.35. The van der Waals surface area contributed by atoms with E-state index in [2.05, 4.69) is 10.2 Å². The third kappa shape index (κ3) is 2.99. The molecule has 0 aliphatic carbocycles. The van der Waals surface area contributed by atoms with Gasteiger partial charge in [-0.1, -0.05) is 23.7 Å². The molecule has 0 spiro atoms. The van der Waals surface area contributed by atoms with Crippen LogP contribution in [0.1, 0.15) is 4.88 Å². The number of nitrogens with zero attached hydrogens (tertiary/aromatic N) is 1. The molecule has 0 fully saturated rings. The highest BCUT2D eigenvalue weighted by atomic mass is 35.5. The molecule has 2 aromatic rings. The minimum atomic E-state index is -0.500. The Balaban J connectivity index is 1.88. The largest absolute Gasteiger partial charge is 0.477 e. The minimum Gasteiger partial charge on any atom is -0.477 e. The Morgan fingerprint density at radius 2 is 2.24 bits per heavy atom. The van der Waals surface area contributed by atoms with Crippen LogP contribution in [-0.2, 0) is 11.3 Å². The molecule has 1 atom stereocenters. The summed E-state index contributed by atoms with van der Waals surface area (Å²) in [4.78, 5) is 15.2. The van der Waals surface area contributed by atoms with E-state index in [0.29, 0.717) is 13.1 Å². The maximum Gasteiger partial charge on any atom is 0.262 e. The highest BCUT2D eigenvalue weighted by molar-refractivity contribution is 7.16. The minimum absolute atomic E-state index is 0.112. The molecule has 0 saturated heterocycles. The van der Waals surface area contributed by atoms with Gasteiger partial charge in [0.1, 0.15) is 5.75 Å². The summed E-state index contributed by atoms with van der Waals surface area (Å²) in [6, 6.07) is 11.7. The number of hydrogen-bond acceptors (Lipinski definition) is 4. The molecule has 2 heterocycles. The lowest BCUT2D eigenvalue weighted by atomic mass is 10.1. The summed E-state index contributed by atoms with van der Waals surface area (Å²) < 4.78 is 6.55. The quantitative estimate of drug-likeness (QED) is 0.944. The van der Waals surface area contributed by atoms with E-state index in [1.54, 1.807) is 18.4 Å². The van der Waals surface area contributed by atoms with Gasteiger partial charge in [0.25, 0.3) is 5.91 Å². The van der Waals surface area contributed by atoms with Gasteiger partial charge >= 0.3 is 0 Å². The number of amides is 1. The smallest absolute Gasteiger partial charge is 0.262 e. The summed E-state index contributed by atoms with van der Waals surface area (Å²) in [5, 5.41) is 2.64. The van der Waals surface area contributed by atoms with Crippen molar-refractivity contribution in [3.8, 4) is 5.75 Å². The van der Waals surface area contributed by atoms with Gasteiger partial charge in [0.05, 0.1) is 23.1 Å². The second-order valence-corrected chi connectivity index (χ2v) is 6.57. The molecule has 1 amide bonds. The molecule has 4 nitrogen and oxygen atoms in total. The van der Waals surface area contributed by atoms with Crippen LogP contribution in [0.5, 0.6) is 5.75 Å². The Kier molecular flexibility index (Phi) is 4.03. The SMILES string of the molecule is CNC(=O)C1CN(Cc2ccc(Cl)s2)c2ccccc2O1. The molecule has 1 aromatic carbocycles. The van der Waals surface area contributed by atoms with Crippen molar-refractivity contribution in [2.45, 2.75) is 12.6 Å². The van der Waals surface area contributed by atoms with Crippen LogP contribution in [0.4, 0.5) is 5.69 Å². The molecule has 3 rings (SSSR count). The number of anilines is 1. The average Bonchev–Trinajstić information content (AvgIpc) is 2.91. The van der Waals surface area contributed by atoms with E-state index in [1.165, 1.54) is 0 Å². The van der Waals surface area contributed by atoms with Crippen molar-refractivity contribution in [2.75, 3.05) is 18.5 Å². The topological polar surface area (TPSA) is 41.6 Å². The van der Waals surface area contributed by atoms with E-state index in [-0.39, 0.29) is 5.91 Å². The molecule has 1 aliphatic rings. The van der Waals surface area contributed by atoms with Gasteiger partial charge in [0.15, 0.2) is 6.10 Å². The Labute approximate surface area is 132 Å². The molecule has 1 unspecified atom stereocenters. The first-order valence-electron chi connectivity index (χ1n) is 6.64. The van der Waals surface area contributed by atoms with E-state index < -0.39 is 6.10 Å². The molecular weight excluding hydrogens is 308 g/mol. The zero-order valence-corrected chi connectivity index (χ0v) is 13.1. The van der Waals surface area contributed by atoms with Gasteiger partial charge in [0, 0.05) is 11.9 Å². The predicted molar refractivity (Wildman–Crippen MR) is 85.3 cm³/mol. The lowest BCUT2D eigenvalue weighted by molar-refractivity contribution is -0.127. The van der Waals surface area contributed by atoms with Crippen LogP contribution in [0.15, 0.2) is 36.4 Å². The van der Waals surface area contributed by atoms with Gasteiger partial charge in [-0.25, -0.2) is 0 Å². The molecule has 1 N–H and O–H groups in total. The third-order valence-corrected chi connectivity index (χ3v) is 4.59. The van der Waals surface area contributed by atoms with Crippen molar-refractivity contribution < 1.29 is 9.53 Å². The lowest BCUT2D eigenvalue weighted by Gasteiger charge is -2.35. The summed E-state index contributed by atoms with van der Waals surface area (Å²) >= 11 is 7.54. The maximum atomic E-state index is 11.9. The molecule has 1 aromatic heterocycles. The highest BCUT2D eigenvalue weighted by Gasteiger charge is 2.30. The number of ether oxygens (including phenoxy) is 1. The average molecular weight is 323 g/mol. The van der Waals surface area contributed by atoms with Crippen LogP contribution in [0, 0.1) is 0 Å². The van der Waals surface area contributed by atoms with Crippen LogP contribution in [0.25, 0.3) is 0 Å². The predicted octanol–water partition coefficient (Wildman–Crippen LogP) is 2.92. The molecule has 110 valence electrons. The van der Waals surface area contributed by atoms with Gasteiger partial charge < -0.3 is 15.0 Å². The first-order valence-corrected chi connectivity index (χ1v) is 7.83. The van der Waals surface area contributed by atoms with Gasteiger partial charge in [0.2, 0.25) is 0 Å². The maximum absolute atomic E-state index is 11.9. The number of thiophene rings is 1. The van der Waals surface area contributed by atoms with Crippen LogP contribution >= 0.6 is 22.9 Å². The number of likely N-dealkylation sites (N-methyl/N-ethyl adjacent to an activating group) is 1. The molecule has 0 bridgehead atoms. The number of nitrogens with one attached hydrogen (secondary N) is 1. The molecule has 21 heavy (non-hydrogen) atoms. The standard InChI is InChI=1S/C15H15ClN2O2S/c1-17-15(19)13-9-18(8-10-6-7-14(16)21-10)11-4-2-3-5-12(11)20-13/h2-7,13H,8-9H2,1H3,(H,17,19). The van der Waals surface area contributed by atoms with Gasteiger partial charge in [-0.2, -0.15) is 0 Å². The molecule has 1 aliphatic heterocycles. The number of hydrogen-bond donors (Lipinski definition) is 1. The zero-order chi connectivity index (χ0) is 14.8. The monoisotopic (exact) mass is 322 g/mol. The zero-order valence-electron chi connectivity index (χ0n) is 11.5. The first kappa shape index (κ1) is 14.2. The number of benzene rings is 1. The number of rotatable bonds is 3. The molecule has 6 heteroatoms. The van der Waals surface area contributed by atoms with E-state index in [4.69, 9.17) is 16.3 Å². The number of fused-ring (bicyclic) bond motifs is 1. The van der Waals surface area contributed by atoms with Gasteiger partial charge in [-0.3, -0.25) is 4.79 Å². The Morgan fingerprint density at radius 1 is 1.43 bits per heavy atom. The Hall–Kier alpha value is -1.72. The van der Waals surface area contributed by atoms with E-state index in [9.17, 15) is 4.79 Å². The Bertz CT molecular complexity index is 659. The number of carbonyl (C=O) groups excluding carboxylic acids is 1. The second kappa shape index (κ2) is 5.95. The van der Waals surface area contributed by atoms with E-state index >= 15 is 0 Å². The van der Waals surface area contributed by atoms with Crippen LogP contribution in [-0.4, -0.2) is 25.6 Å². The van der Waals surface area contributed by atoms with Crippen molar-refractivity contribution in [3.05, 3.63) is 45.6 Å². The lowest BCUT2D eigenvalue weighted by Crippen LogP contribution is -2.47. The van der Waals surface area contributed by atoms with Gasteiger partial charge in [-0.15, -0.1) is 11.3 Å². The fraction of sp³-hybridized carbons (Fsp3) is 0.267. The van der Waals surface area contributed by atoms with Crippen molar-refractivity contribution in [3.63, 3.8) is 0 Å². The van der Waals surface area contributed by atoms with Crippen molar-refractivity contribution in [2.24, 2.45) is 0 Å². The van der Waals surface area contributed by atoms with E-state index in [1.807, 2.05) is 36.4 Å². The van der Waals surface area contributed by atoms with Crippen molar-refractivity contribution >= 4 is 34.5 Å². The Morgan fingerprint density at radius 3 is 2.95 bits per heavy atom. The van der Waals surface area contributed by atoms with Crippen molar-refractivity contribution in [1.29, 1.82) is 0 Å². The van der Waals surface area contributed by atoms with Crippen molar-refractivity contribution in [1.82, 2.24) is 5.32 Å². The number of carbonyl (C=O) groups is 1. The summed E-state index contributed by atoms with van der Waals surface area (Å²) in [7, 11) is 1.62. The van der Waals surface area contributed by atoms with Crippen LogP contribution in [0.2, 0.25) is 4.34 Å². The number of halogens is 1. The molecule has 0 radical (unpaired) electrons. The van der Waals surface area contributed by atoms with Crippen LogP contribution in [0.3, 0.4) is 0 Å².